The number of rotatable bonds is 8. The molecule has 0 heterocycles. The van der Waals surface area contributed by atoms with Crippen LogP contribution >= 0.6 is 0 Å². The molecular formula is C14H19NO5. The Morgan fingerprint density at radius 1 is 1.20 bits per heavy atom. The molecule has 1 N–H and O–H groups in total. The number of benzene rings is 1. The van der Waals surface area contributed by atoms with Crippen molar-refractivity contribution in [2.24, 2.45) is 0 Å². The lowest BCUT2D eigenvalue weighted by Crippen LogP contribution is -2.36. The van der Waals surface area contributed by atoms with Gasteiger partial charge in [-0.3, -0.25) is 9.59 Å². The zero-order valence-corrected chi connectivity index (χ0v) is 11.7. The normalized spacial score (nSPS) is 9.90. The van der Waals surface area contributed by atoms with Crippen molar-refractivity contribution in [3.8, 4) is 11.5 Å². The maximum absolute atomic E-state index is 11.8. The van der Waals surface area contributed by atoms with Crippen LogP contribution in [0.4, 0.5) is 0 Å². The van der Waals surface area contributed by atoms with Gasteiger partial charge in [-0.15, -0.1) is 0 Å². The maximum atomic E-state index is 11.8. The summed E-state index contributed by atoms with van der Waals surface area (Å²) >= 11 is 0. The Kier molecular flexibility index (Phi) is 6.36. The first-order chi connectivity index (χ1) is 9.56. The molecule has 0 fully saturated rings. The summed E-state index contributed by atoms with van der Waals surface area (Å²) in [5.41, 5.74) is 0. The summed E-state index contributed by atoms with van der Waals surface area (Å²) in [6, 6.07) is 7.02. The number of ether oxygens (including phenoxy) is 2. The van der Waals surface area contributed by atoms with Crippen molar-refractivity contribution in [3.05, 3.63) is 24.3 Å². The van der Waals surface area contributed by atoms with Crippen LogP contribution in [0, 0.1) is 0 Å². The Hall–Kier alpha value is -2.24. The summed E-state index contributed by atoms with van der Waals surface area (Å²) in [5, 5.41) is 8.68. The number of nitrogens with zero attached hydrogens (tertiary/aromatic N) is 1. The van der Waals surface area contributed by atoms with E-state index in [2.05, 4.69) is 0 Å². The molecule has 6 nitrogen and oxygen atoms in total. The second kappa shape index (κ2) is 8.04. The molecule has 110 valence electrons. The van der Waals surface area contributed by atoms with Crippen molar-refractivity contribution in [1.82, 2.24) is 4.90 Å². The molecular weight excluding hydrogens is 262 g/mol. The molecule has 0 aliphatic rings. The predicted molar refractivity (Wildman–Crippen MR) is 73.0 cm³/mol. The van der Waals surface area contributed by atoms with Gasteiger partial charge in [-0.2, -0.15) is 0 Å². The van der Waals surface area contributed by atoms with Gasteiger partial charge in [0.05, 0.1) is 20.1 Å². The molecule has 0 radical (unpaired) electrons. The molecule has 0 aliphatic carbocycles. The first-order valence-corrected chi connectivity index (χ1v) is 6.33. The molecule has 1 aromatic rings. The lowest BCUT2D eigenvalue weighted by molar-refractivity contribution is -0.144. The first-order valence-electron chi connectivity index (χ1n) is 6.33. The largest absolute Gasteiger partial charge is 0.497 e. The van der Waals surface area contributed by atoms with Crippen LogP contribution in [0.3, 0.4) is 0 Å². The average Bonchev–Trinajstić information content (AvgIpc) is 2.45. The van der Waals surface area contributed by atoms with Gasteiger partial charge in [-0.1, -0.05) is 0 Å². The molecule has 0 bridgehead atoms. The molecule has 0 saturated carbocycles. The molecule has 6 heteroatoms. The number of carbonyl (C=O) groups is 2. The average molecular weight is 281 g/mol. The summed E-state index contributed by atoms with van der Waals surface area (Å²) in [6.45, 7) is 2.04. The van der Waals surface area contributed by atoms with Crippen molar-refractivity contribution >= 4 is 11.9 Å². The third-order valence-corrected chi connectivity index (χ3v) is 2.70. The van der Waals surface area contributed by atoms with Crippen LogP contribution < -0.4 is 9.47 Å². The number of hydrogen-bond donors (Lipinski definition) is 1. The second-order valence-electron chi connectivity index (χ2n) is 4.08. The molecule has 0 unspecified atom stereocenters. The van der Waals surface area contributed by atoms with Gasteiger partial charge in [0.15, 0.2) is 0 Å². The van der Waals surface area contributed by atoms with E-state index < -0.39 is 5.97 Å². The zero-order chi connectivity index (χ0) is 15.0. The summed E-state index contributed by atoms with van der Waals surface area (Å²) in [5.74, 6) is 0.117. The Bertz CT molecular complexity index is 443. The summed E-state index contributed by atoms with van der Waals surface area (Å²) in [6.07, 6.45) is 0.146. The van der Waals surface area contributed by atoms with Crippen molar-refractivity contribution in [2.45, 2.75) is 13.3 Å². The van der Waals surface area contributed by atoms with Crippen LogP contribution in [0.1, 0.15) is 13.3 Å². The highest BCUT2D eigenvalue weighted by molar-refractivity contribution is 5.81. The summed E-state index contributed by atoms with van der Waals surface area (Å²) < 4.78 is 10.4. The van der Waals surface area contributed by atoms with Crippen LogP contribution in [0.25, 0.3) is 0 Å². The number of carbonyl (C=O) groups excluding carboxylic acids is 1. The van der Waals surface area contributed by atoms with Gasteiger partial charge in [-0.05, 0) is 31.2 Å². The number of aliphatic carboxylic acids is 1. The predicted octanol–water partition coefficient (Wildman–Crippen LogP) is 1.40. The highest BCUT2D eigenvalue weighted by atomic mass is 16.5. The lowest BCUT2D eigenvalue weighted by Gasteiger charge is -2.18. The smallest absolute Gasteiger partial charge is 0.323 e. The van der Waals surface area contributed by atoms with Crippen molar-refractivity contribution < 1.29 is 24.2 Å². The van der Waals surface area contributed by atoms with E-state index in [4.69, 9.17) is 14.6 Å². The van der Waals surface area contributed by atoms with E-state index in [1.165, 1.54) is 4.90 Å². The number of carboxylic acid groups (broad SMARTS) is 1. The number of hydrogen-bond acceptors (Lipinski definition) is 4. The van der Waals surface area contributed by atoms with Gasteiger partial charge in [-0.25, -0.2) is 0 Å². The SMILES string of the molecule is CCN(CC(=O)O)C(=O)CCOc1ccc(OC)cc1. The molecule has 1 amide bonds. The van der Waals surface area contributed by atoms with Gasteiger partial charge in [0.1, 0.15) is 18.0 Å². The Morgan fingerprint density at radius 2 is 1.80 bits per heavy atom. The molecule has 0 spiro atoms. The van der Waals surface area contributed by atoms with E-state index >= 15 is 0 Å². The van der Waals surface area contributed by atoms with Crippen LogP contribution in [0.15, 0.2) is 24.3 Å². The highest BCUT2D eigenvalue weighted by Gasteiger charge is 2.14. The van der Waals surface area contributed by atoms with Crippen molar-refractivity contribution in [3.63, 3.8) is 0 Å². The van der Waals surface area contributed by atoms with Gasteiger partial charge in [0.2, 0.25) is 5.91 Å². The van der Waals surface area contributed by atoms with Gasteiger partial charge < -0.3 is 19.5 Å². The monoisotopic (exact) mass is 281 g/mol. The Balaban J connectivity index is 2.38. The Labute approximate surface area is 117 Å². The summed E-state index contributed by atoms with van der Waals surface area (Å²) in [4.78, 5) is 23.6. The molecule has 1 aromatic carbocycles. The van der Waals surface area contributed by atoms with Gasteiger partial charge in [0, 0.05) is 6.54 Å². The molecule has 0 aromatic heterocycles. The minimum Gasteiger partial charge on any atom is -0.497 e. The number of methoxy groups -OCH3 is 1. The topological polar surface area (TPSA) is 76.1 Å². The minimum absolute atomic E-state index is 0.146. The fourth-order valence-corrected chi connectivity index (χ4v) is 1.63. The van der Waals surface area contributed by atoms with E-state index in [1.54, 1.807) is 38.3 Å². The highest BCUT2D eigenvalue weighted by Crippen LogP contribution is 2.17. The molecule has 0 atom stereocenters. The van der Waals surface area contributed by atoms with Crippen molar-refractivity contribution in [2.75, 3.05) is 26.8 Å². The van der Waals surface area contributed by atoms with E-state index in [0.29, 0.717) is 12.3 Å². The third kappa shape index (κ3) is 5.17. The van der Waals surface area contributed by atoms with E-state index in [0.717, 1.165) is 5.75 Å². The number of amides is 1. The van der Waals surface area contributed by atoms with Crippen LogP contribution in [0.2, 0.25) is 0 Å². The van der Waals surface area contributed by atoms with Crippen LogP contribution in [-0.4, -0.2) is 48.7 Å². The standard InChI is InChI=1S/C14H19NO5/c1-3-15(10-14(17)18)13(16)8-9-20-12-6-4-11(19-2)5-7-12/h4-7H,3,8-10H2,1-2H3,(H,17,18). The van der Waals surface area contributed by atoms with E-state index in [-0.39, 0.29) is 25.5 Å². The summed E-state index contributed by atoms with van der Waals surface area (Å²) in [7, 11) is 1.58. The second-order valence-corrected chi connectivity index (χ2v) is 4.08. The van der Waals surface area contributed by atoms with Crippen molar-refractivity contribution in [1.29, 1.82) is 0 Å². The fraction of sp³-hybridized carbons (Fsp3) is 0.429. The maximum Gasteiger partial charge on any atom is 0.323 e. The van der Waals surface area contributed by atoms with Gasteiger partial charge in [0.25, 0.3) is 0 Å². The molecule has 0 aliphatic heterocycles. The first kappa shape index (κ1) is 15.8. The third-order valence-electron chi connectivity index (χ3n) is 2.70. The molecule has 20 heavy (non-hydrogen) atoms. The number of likely N-dealkylation sites (N-methyl/N-ethyl adjacent to an activating group) is 1. The molecule has 1 rings (SSSR count). The fourth-order valence-electron chi connectivity index (χ4n) is 1.63. The number of carboxylic acids is 1. The van der Waals surface area contributed by atoms with Crippen LogP contribution in [-0.2, 0) is 9.59 Å². The Morgan fingerprint density at radius 3 is 2.30 bits per heavy atom. The lowest BCUT2D eigenvalue weighted by atomic mass is 10.3. The quantitative estimate of drug-likeness (QED) is 0.779. The van der Waals surface area contributed by atoms with Gasteiger partial charge >= 0.3 is 5.97 Å². The molecule has 0 saturated heterocycles. The minimum atomic E-state index is -1.02. The van der Waals surface area contributed by atoms with E-state index in [9.17, 15) is 9.59 Å². The zero-order valence-electron chi connectivity index (χ0n) is 11.7. The van der Waals surface area contributed by atoms with E-state index in [1.807, 2.05) is 0 Å². The van der Waals surface area contributed by atoms with Crippen LogP contribution in [0.5, 0.6) is 11.5 Å².